The smallest absolute Gasteiger partial charge is 0.236 e. The van der Waals surface area contributed by atoms with E-state index in [1.165, 1.54) is 5.69 Å². The second-order valence-corrected chi connectivity index (χ2v) is 3.80. The summed E-state index contributed by atoms with van der Waals surface area (Å²) in [7, 11) is 1.82. The van der Waals surface area contributed by atoms with Crippen molar-refractivity contribution in [1.82, 2.24) is 14.8 Å². The molecule has 0 spiro atoms. The summed E-state index contributed by atoms with van der Waals surface area (Å²) < 4.78 is 2.17. The van der Waals surface area contributed by atoms with Gasteiger partial charge in [0.2, 0.25) is 5.91 Å². The van der Waals surface area contributed by atoms with Crippen molar-refractivity contribution in [1.29, 1.82) is 0 Å². The van der Waals surface area contributed by atoms with E-state index in [0.717, 1.165) is 19.6 Å². The van der Waals surface area contributed by atoms with Gasteiger partial charge in [0.1, 0.15) is 0 Å². The van der Waals surface area contributed by atoms with Gasteiger partial charge in [0.05, 0.1) is 6.54 Å². The molecule has 1 aromatic rings. The highest BCUT2D eigenvalue weighted by Gasteiger charge is 2.06. The number of aromatic nitrogens is 1. The van der Waals surface area contributed by atoms with Gasteiger partial charge in [0.15, 0.2) is 0 Å². The topological polar surface area (TPSA) is 37.3 Å². The van der Waals surface area contributed by atoms with E-state index >= 15 is 0 Å². The zero-order valence-electron chi connectivity index (χ0n) is 10.4. The van der Waals surface area contributed by atoms with Crippen molar-refractivity contribution in [2.75, 3.05) is 20.1 Å². The Balaban J connectivity index is 2.33. The van der Waals surface area contributed by atoms with Crippen LogP contribution in [0.5, 0.6) is 0 Å². The Morgan fingerprint density at radius 3 is 2.88 bits per heavy atom. The number of nitrogens with zero attached hydrogens (tertiary/aromatic N) is 2. The van der Waals surface area contributed by atoms with Gasteiger partial charge in [-0.3, -0.25) is 4.79 Å². The number of hydrogen-bond donors (Lipinski definition) is 1. The SMILES string of the molecule is CCN(C)C(=O)CNCc1cccn1CC. The molecular weight excluding hydrogens is 202 g/mol. The number of hydrogen-bond acceptors (Lipinski definition) is 2. The first kappa shape index (κ1) is 12.8. The first-order chi connectivity index (χ1) is 7.69. The Bertz CT molecular complexity index is 333. The highest BCUT2D eigenvalue weighted by Crippen LogP contribution is 2.01. The largest absolute Gasteiger partial charge is 0.351 e. The zero-order valence-corrected chi connectivity index (χ0v) is 10.4. The fourth-order valence-corrected chi connectivity index (χ4v) is 1.53. The van der Waals surface area contributed by atoms with Crippen LogP contribution in [-0.4, -0.2) is 35.5 Å². The molecule has 1 heterocycles. The summed E-state index contributed by atoms with van der Waals surface area (Å²) in [5, 5.41) is 3.17. The molecule has 1 aromatic heterocycles. The lowest BCUT2D eigenvalue weighted by molar-refractivity contribution is -0.128. The first-order valence-corrected chi connectivity index (χ1v) is 5.77. The molecule has 0 aliphatic heterocycles. The Kier molecular flexibility index (Phi) is 5.05. The van der Waals surface area contributed by atoms with Crippen LogP contribution in [0, 0.1) is 0 Å². The van der Waals surface area contributed by atoms with Crippen LogP contribution in [0.4, 0.5) is 0 Å². The van der Waals surface area contributed by atoms with Crippen LogP contribution in [0.2, 0.25) is 0 Å². The second kappa shape index (κ2) is 6.33. The molecule has 0 fully saturated rings. The highest BCUT2D eigenvalue weighted by molar-refractivity contribution is 5.77. The van der Waals surface area contributed by atoms with Crippen LogP contribution in [0.25, 0.3) is 0 Å². The van der Waals surface area contributed by atoms with E-state index < -0.39 is 0 Å². The summed E-state index contributed by atoms with van der Waals surface area (Å²) in [5.41, 5.74) is 1.22. The van der Waals surface area contributed by atoms with Crippen LogP contribution in [0.1, 0.15) is 19.5 Å². The third kappa shape index (κ3) is 3.38. The highest BCUT2D eigenvalue weighted by atomic mass is 16.2. The Morgan fingerprint density at radius 2 is 2.25 bits per heavy atom. The van der Waals surface area contributed by atoms with E-state index in [-0.39, 0.29) is 5.91 Å². The maximum atomic E-state index is 11.5. The van der Waals surface area contributed by atoms with E-state index in [1.54, 1.807) is 4.90 Å². The molecule has 16 heavy (non-hydrogen) atoms. The van der Waals surface area contributed by atoms with Crippen molar-refractivity contribution < 1.29 is 4.79 Å². The molecule has 1 N–H and O–H groups in total. The molecule has 0 atom stereocenters. The van der Waals surface area contributed by atoms with E-state index in [4.69, 9.17) is 0 Å². The summed E-state index contributed by atoms with van der Waals surface area (Å²) in [6.45, 7) is 6.95. The molecule has 0 aliphatic carbocycles. The maximum Gasteiger partial charge on any atom is 0.236 e. The predicted octanol–water partition coefficient (Wildman–Crippen LogP) is 1.08. The molecule has 4 nitrogen and oxygen atoms in total. The van der Waals surface area contributed by atoms with Gasteiger partial charge in [-0.1, -0.05) is 0 Å². The lowest BCUT2D eigenvalue weighted by Gasteiger charge is -2.15. The predicted molar refractivity (Wildman–Crippen MR) is 65.1 cm³/mol. The maximum absolute atomic E-state index is 11.5. The van der Waals surface area contributed by atoms with Crippen molar-refractivity contribution >= 4 is 5.91 Å². The third-order valence-corrected chi connectivity index (χ3v) is 2.75. The van der Waals surface area contributed by atoms with E-state index in [9.17, 15) is 4.79 Å². The van der Waals surface area contributed by atoms with Gasteiger partial charge < -0.3 is 14.8 Å². The van der Waals surface area contributed by atoms with Crippen molar-refractivity contribution in [3.8, 4) is 0 Å². The summed E-state index contributed by atoms with van der Waals surface area (Å²) in [6.07, 6.45) is 2.05. The van der Waals surface area contributed by atoms with Crippen LogP contribution in [-0.2, 0) is 17.9 Å². The molecule has 1 amide bonds. The number of nitrogens with one attached hydrogen (secondary N) is 1. The van der Waals surface area contributed by atoms with Gasteiger partial charge in [-0.2, -0.15) is 0 Å². The minimum atomic E-state index is 0.136. The zero-order chi connectivity index (χ0) is 12.0. The van der Waals surface area contributed by atoms with Gasteiger partial charge in [0, 0.05) is 38.6 Å². The van der Waals surface area contributed by atoms with Crippen LogP contribution in [0.3, 0.4) is 0 Å². The lowest BCUT2D eigenvalue weighted by Crippen LogP contribution is -2.35. The number of aryl methyl sites for hydroxylation is 1. The number of likely N-dealkylation sites (N-methyl/N-ethyl adjacent to an activating group) is 1. The fourth-order valence-electron chi connectivity index (χ4n) is 1.53. The van der Waals surface area contributed by atoms with Crippen LogP contribution in [0.15, 0.2) is 18.3 Å². The molecule has 0 aromatic carbocycles. The summed E-state index contributed by atoms with van der Waals surface area (Å²) in [4.78, 5) is 13.2. The molecule has 0 unspecified atom stereocenters. The van der Waals surface area contributed by atoms with E-state index in [2.05, 4.69) is 29.1 Å². The van der Waals surface area contributed by atoms with E-state index in [0.29, 0.717) is 6.54 Å². The molecule has 0 aliphatic rings. The van der Waals surface area contributed by atoms with Gasteiger partial charge >= 0.3 is 0 Å². The summed E-state index contributed by atoms with van der Waals surface area (Å²) in [5.74, 6) is 0.136. The van der Waals surface area contributed by atoms with Crippen LogP contribution < -0.4 is 5.32 Å². The number of rotatable bonds is 6. The monoisotopic (exact) mass is 223 g/mol. The van der Waals surface area contributed by atoms with E-state index in [1.807, 2.05) is 20.0 Å². The van der Waals surface area contributed by atoms with Crippen molar-refractivity contribution in [2.45, 2.75) is 26.9 Å². The van der Waals surface area contributed by atoms with Gasteiger partial charge in [0.25, 0.3) is 0 Å². The molecule has 90 valence electrons. The van der Waals surface area contributed by atoms with Crippen molar-refractivity contribution in [3.05, 3.63) is 24.0 Å². The summed E-state index contributed by atoms with van der Waals surface area (Å²) in [6, 6.07) is 4.10. The van der Waals surface area contributed by atoms with Gasteiger partial charge in [-0.15, -0.1) is 0 Å². The van der Waals surface area contributed by atoms with Crippen molar-refractivity contribution in [2.24, 2.45) is 0 Å². The Morgan fingerprint density at radius 1 is 1.50 bits per heavy atom. The number of carbonyl (C=O) groups is 1. The summed E-state index contributed by atoms with van der Waals surface area (Å²) >= 11 is 0. The molecule has 4 heteroatoms. The lowest BCUT2D eigenvalue weighted by atomic mass is 10.4. The van der Waals surface area contributed by atoms with Gasteiger partial charge in [-0.05, 0) is 26.0 Å². The molecule has 0 saturated heterocycles. The quantitative estimate of drug-likeness (QED) is 0.783. The molecule has 0 bridgehead atoms. The minimum absolute atomic E-state index is 0.136. The minimum Gasteiger partial charge on any atom is -0.351 e. The Hall–Kier alpha value is -1.29. The fraction of sp³-hybridized carbons (Fsp3) is 0.583. The molecule has 1 rings (SSSR count). The molecule has 0 saturated carbocycles. The standard InChI is InChI=1S/C12H21N3O/c1-4-14(3)12(16)10-13-9-11-7-6-8-15(11)5-2/h6-8,13H,4-5,9-10H2,1-3H3. The second-order valence-electron chi connectivity index (χ2n) is 3.80. The number of amides is 1. The number of carbonyl (C=O) groups excluding carboxylic acids is 1. The average Bonchev–Trinajstić information content (AvgIpc) is 2.75. The Labute approximate surface area is 97.2 Å². The molecular formula is C12H21N3O. The third-order valence-electron chi connectivity index (χ3n) is 2.75. The normalized spacial score (nSPS) is 10.4. The average molecular weight is 223 g/mol. The first-order valence-electron chi connectivity index (χ1n) is 5.77. The molecule has 0 radical (unpaired) electrons. The van der Waals surface area contributed by atoms with Crippen LogP contribution >= 0.6 is 0 Å². The van der Waals surface area contributed by atoms with Crippen molar-refractivity contribution in [3.63, 3.8) is 0 Å². The van der Waals surface area contributed by atoms with Gasteiger partial charge in [-0.25, -0.2) is 0 Å².